The lowest BCUT2D eigenvalue weighted by Gasteiger charge is -2.26. The minimum atomic E-state index is -4.28. The van der Waals surface area contributed by atoms with E-state index < -0.39 is 16.0 Å². The fraction of sp³-hybridized carbons (Fsp3) is 0.105. The number of hydrogen-bond donors (Lipinski definition) is 0. The summed E-state index contributed by atoms with van der Waals surface area (Å²) < 4.78 is 36.2. The van der Waals surface area contributed by atoms with E-state index in [0.29, 0.717) is 30.0 Å². The van der Waals surface area contributed by atoms with Crippen LogP contribution in [-0.4, -0.2) is 40.4 Å². The number of aromatic nitrogens is 4. The van der Waals surface area contributed by atoms with Crippen molar-refractivity contribution in [1.82, 2.24) is 18.9 Å². The smallest absolute Gasteiger partial charge is 0.340 e. The van der Waals surface area contributed by atoms with Crippen LogP contribution in [0.4, 0.5) is 5.82 Å². The standard InChI is InChI=1S/C38H31N5O4S2/c1-26-41-34(25-48-26)29-18-19-39-33(20-29)35-21-31-32(38(44)47-2)22-40-37(36(31)43(35)49(45,46)30-16-10-5-11-17-30)42(23-27-12-6-3-7-13-27)24-28-14-8-4-9-15-28/h3-22,25H,23-24H2,1-2H3. The van der Waals surface area contributed by atoms with Crippen molar-refractivity contribution >= 4 is 44.1 Å². The van der Waals surface area contributed by atoms with E-state index in [9.17, 15) is 13.2 Å². The Balaban J connectivity index is 1.55. The second-order valence-electron chi connectivity index (χ2n) is 11.4. The number of aryl methyl sites for hydroxylation is 1. The summed E-state index contributed by atoms with van der Waals surface area (Å²) >= 11 is 1.53. The van der Waals surface area contributed by atoms with Crippen LogP contribution in [-0.2, 0) is 27.8 Å². The molecule has 0 spiro atoms. The molecule has 0 aliphatic rings. The second kappa shape index (κ2) is 13.5. The number of ether oxygens (including phenoxy) is 1. The summed E-state index contributed by atoms with van der Waals surface area (Å²) in [6.07, 6.45) is 3.09. The molecule has 0 aliphatic heterocycles. The van der Waals surface area contributed by atoms with E-state index in [-0.39, 0.29) is 21.7 Å². The molecule has 49 heavy (non-hydrogen) atoms. The van der Waals surface area contributed by atoms with Gasteiger partial charge in [0.05, 0.1) is 39.7 Å². The zero-order valence-corrected chi connectivity index (χ0v) is 28.4. The maximum atomic E-state index is 14.9. The molecule has 244 valence electrons. The number of pyridine rings is 2. The van der Waals surface area contributed by atoms with Crippen molar-refractivity contribution in [2.45, 2.75) is 24.9 Å². The van der Waals surface area contributed by atoms with E-state index in [1.165, 1.54) is 28.6 Å². The number of esters is 1. The highest BCUT2D eigenvalue weighted by atomic mass is 32.2. The molecule has 7 aromatic rings. The fourth-order valence-corrected chi connectivity index (χ4v) is 7.99. The van der Waals surface area contributed by atoms with Crippen LogP contribution < -0.4 is 4.90 Å². The maximum absolute atomic E-state index is 14.9. The Morgan fingerprint density at radius 3 is 2.06 bits per heavy atom. The van der Waals surface area contributed by atoms with E-state index in [1.807, 2.05) is 90.0 Å². The minimum absolute atomic E-state index is 0.0760. The molecular formula is C38H31N5O4S2. The third-order valence-electron chi connectivity index (χ3n) is 8.13. The zero-order valence-electron chi connectivity index (χ0n) is 26.7. The van der Waals surface area contributed by atoms with Crippen LogP contribution >= 0.6 is 11.3 Å². The van der Waals surface area contributed by atoms with Gasteiger partial charge in [-0.05, 0) is 48.4 Å². The predicted octanol–water partition coefficient (Wildman–Crippen LogP) is 7.76. The highest BCUT2D eigenvalue weighted by Gasteiger charge is 2.31. The predicted molar refractivity (Wildman–Crippen MR) is 192 cm³/mol. The molecule has 0 aliphatic carbocycles. The summed E-state index contributed by atoms with van der Waals surface area (Å²) in [4.78, 5) is 29.5. The van der Waals surface area contributed by atoms with E-state index in [4.69, 9.17) is 9.72 Å². The van der Waals surface area contributed by atoms with Crippen molar-refractivity contribution in [1.29, 1.82) is 0 Å². The van der Waals surface area contributed by atoms with Gasteiger partial charge in [0.1, 0.15) is 5.52 Å². The molecule has 0 fully saturated rings. The third-order valence-corrected chi connectivity index (χ3v) is 10.6. The van der Waals surface area contributed by atoms with Crippen molar-refractivity contribution in [3.63, 3.8) is 0 Å². The summed E-state index contributed by atoms with van der Waals surface area (Å²) in [5.41, 5.74) is 4.58. The van der Waals surface area contributed by atoms with Gasteiger partial charge in [-0.15, -0.1) is 11.3 Å². The number of carbonyl (C=O) groups is 1. The van der Waals surface area contributed by atoms with Crippen molar-refractivity contribution in [2.75, 3.05) is 12.0 Å². The monoisotopic (exact) mass is 685 g/mol. The van der Waals surface area contributed by atoms with Crippen LogP contribution in [0.15, 0.2) is 132 Å². The Bertz CT molecular complexity index is 2330. The Kier molecular flexibility index (Phi) is 8.77. The number of benzene rings is 3. The van der Waals surface area contributed by atoms with Gasteiger partial charge in [-0.1, -0.05) is 78.9 Å². The molecule has 3 aromatic carbocycles. The number of hydrogen-bond acceptors (Lipinski definition) is 9. The third kappa shape index (κ3) is 6.33. The Morgan fingerprint density at radius 2 is 1.47 bits per heavy atom. The SMILES string of the molecule is COC(=O)c1cnc(N(Cc2ccccc2)Cc2ccccc2)c2c1cc(-c1cc(-c3csc(C)n3)ccn1)n2S(=O)(=O)c1ccccc1. The molecule has 4 aromatic heterocycles. The molecule has 9 nitrogen and oxygen atoms in total. The van der Waals surface area contributed by atoms with Gasteiger partial charge in [0.25, 0.3) is 10.0 Å². The minimum Gasteiger partial charge on any atom is -0.465 e. The summed E-state index contributed by atoms with van der Waals surface area (Å²) in [6, 6.07) is 33.4. The Hall–Kier alpha value is -5.65. The first kappa shape index (κ1) is 31.9. The van der Waals surface area contributed by atoms with Crippen LogP contribution in [0.5, 0.6) is 0 Å². The van der Waals surface area contributed by atoms with Crippen molar-refractivity contribution in [3.05, 3.63) is 149 Å². The summed E-state index contributed by atoms with van der Waals surface area (Å²) in [7, 11) is -2.99. The number of carbonyl (C=O) groups excluding carboxylic acids is 1. The molecule has 0 N–H and O–H groups in total. The van der Waals surface area contributed by atoms with Gasteiger partial charge < -0.3 is 9.64 Å². The van der Waals surface area contributed by atoms with Crippen molar-refractivity contribution in [2.24, 2.45) is 0 Å². The van der Waals surface area contributed by atoms with E-state index in [0.717, 1.165) is 27.4 Å². The van der Waals surface area contributed by atoms with Crippen molar-refractivity contribution in [3.8, 4) is 22.6 Å². The molecular weight excluding hydrogens is 655 g/mol. The average molecular weight is 686 g/mol. The van der Waals surface area contributed by atoms with Crippen LogP contribution in [0, 0.1) is 6.92 Å². The van der Waals surface area contributed by atoms with E-state index in [1.54, 1.807) is 42.6 Å². The fourth-order valence-electron chi connectivity index (χ4n) is 5.84. The zero-order chi connectivity index (χ0) is 34.0. The number of anilines is 1. The normalized spacial score (nSPS) is 11.5. The molecule has 0 atom stereocenters. The molecule has 0 amide bonds. The van der Waals surface area contributed by atoms with E-state index in [2.05, 4.69) is 9.97 Å². The largest absolute Gasteiger partial charge is 0.465 e. The molecule has 0 saturated carbocycles. The van der Waals surface area contributed by atoms with Gasteiger partial charge in [-0.3, -0.25) is 4.98 Å². The van der Waals surface area contributed by atoms with Gasteiger partial charge in [0.2, 0.25) is 0 Å². The number of thiazole rings is 1. The lowest BCUT2D eigenvalue weighted by Crippen LogP contribution is -2.25. The Labute approximate surface area is 288 Å². The molecule has 0 radical (unpaired) electrons. The van der Waals surface area contributed by atoms with Gasteiger partial charge in [0, 0.05) is 41.8 Å². The number of rotatable bonds is 10. The first-order valence-electron chi connectivity index (χ1n) is 15.5. The molecule has 11 heteroatoms. The second-order valence-corrected chi connectivity index (χ2v) is 14.2. The quantitative estimate of drug-likeness (QED) is 0.135. The lowest BCUT2D eigenvalue weighted by molar-refractivity contribution is 0.0602. The van der Waals surface area contributed by atoms with Crippen LogP contribution in [0.2, 0.25) is 0 Å². The van der Waals surface area contributed by atoms with E-state index >= 15 is 0 Å². The van der Waals surface area contributed by atoms with Gasteiger partial charge in [-0.2, -0.15) is 0 Å². The lowest BCUT2D eigenvalue weighted by atomic mass is 10.1. The molecule has 4 heterocycles. The van der Waals surface area contributed by atoms with Gasteiger partial charge in [0.15, 0.2) is 5.82 Å². The number of nitrogens with zero attached hydrogens (tertiary/aromatic N) is 5. The summed E-state index contributed by atoms with van der Waals surface area (Å²) in [6.45, 7) is 2.76. The van der Waals surface area contributed by atoms with Crippen molar-refractivity contribution < 1.29 is 17.9 Å². The van der Waals surface area contributed by atoms with Crippen LogP contribution in [0.25, 0.3) is 33.5 Å². The summed E-state index contributed by atoms with van der Waals surface area (Å²) in [5.74, 6) is -0.255. The first-order chi connectivity index (χ1) is 23.8. The molecule has 0 saturated heterocycles. The molecule has 0 bridgehead atoms. The topological polar surface area (TPSA) is 107 Å². The highest BCUT2D eigenvalue weighted by Crippen LogP contribution is 2.39. The average Bonchev–Trinajstić information content (AvgIpc) is 3.77. The maximum Gasteiger partial charge on any atom is 0.340 e. The number of methoxy groups -OCH3 is 1. The first-order valence-corrected chi connectivity index (χ1v) is 17.8. The van der Waals surface area contributed by atoms with Crippen LogP contribution in [0.1, 0.15) is 26.5 Å². The number of fused-ring (bicyclic) bond motifs is 1. The van der Waals surface area contributed by atoms with Gasteiger partial charge >= 0.3 is 5.97 Å². The summed E-state index contributed by atoms with van der Waals surface area (Å²) in [5, 5.41) is 3.23. The van der Waals surface area contributed by atoms with Crippen LogP contribution in [0.3, 0.4) is 0 Å². The van der Waals surface area contributed by atoms with Gasteiger partial charge in [-0.25, -0.2) is 27.2 Å². The Morgan fingerprint density at radius 1 is 0.837 bits per heavy atom. The molecule has 0 unspecified atom stereocenters. The highest BCUT2D eigenvalue weighted by molar-refractivity contribution is 7.90. The molecule has 7 rings (SSSR count).